The van der Waals surface area contributed by atoms with E-state index in [1.165, 1.54) is 17.8 Å². The highest BCUT2D eigenvalue weighted by molar-refractivity contribution is 6.31. The first-order valence-electron chi connectivity index (χ1n) is 11.0. The number of carbonyl (C=O) groups excluding carboxylic acids is 2. The number of benzene rings is 2. The van der Waals surface area contributed by atoms with E-state index in [0.29, 0.717) is 28.5 Å². The van der Waals surface area contributed by atoms with Crippen molar-refractivity contribution in [1.29, 1.82) is 0 Å². The molecule has 0 aliphatic heterocycles. The Morgan fingerprint density at radius 2 is 1.82 bits per heavy atom. The van der Waals surface area contributed by atoms with Gasteiger partial charge in [-0.05, 0) is 49.6 Å². The number of amides is 1. The lowest BCUT2D eigenvalue weighted by Gasteiger charge is -2.13. The topological polar surface area (TPSA) is 81.1 Å². The van der Waals surface area contributed by atoms with Gasteiger partial charge in [0, 0.05) is 29.0 Å². The van der Waals surface area contributed by atoms with Crippen molar-refractivity contribution in [2.75, 3.05) is 6.54 Å². The van der Waals surface area contributed by atoms with Crippen LogP contribution in [-0.2, 0) is 17.8 Å². The molecule has 0 bridgehead atoms. The van der Waals surface area contributed by atoms with Gasteiger partial charge >= 0.3 is 0 Å². The first-order chi connectivity index (χ1) is 16.4. The summed E-state index contributed by atoms with van der Waals surface area (Å²) in [5.74, 6) is -0.672. The van der Waals surface area contributed by atoms with Gasteiger partial charge in [0.25, 0.3) is 0 Å². The standard InChI is InChI=1S/C27H24ClN3O3/c1-18-12-13-22-26(34)23(25(33)20-10-5-11-21(28)15-20)16-31(27(22)30-18)17-24(32)29-14-6-9-19-7-3-2-4-8-19/h2-5,7-8,10-13,15-16H,6,9,14,17H2,1H3,(H,29,32). The summed E-state index contributed by atoms with van der Waals surface area (Å²) in [4.78, 5) is 43.4. The largest absolute Gasteiger partial charge is 0.355 e. The van der Waals surface area contributed by atoms with Crippen molar-refractivity contribution in [3.63, 3.8) is 0 Å². The number of fused-ring (bicyclic) bond motifs is 1. The van der Waals surface area contributed by atoms with Crippen molar-refractivity contribution in [2.24, 2.45) is 0 Å². The number of aromatic nitrogens is 2. The molecule has 0 spiro atoms. The third-order valence-electron chi connectivity index (χ3n) is 5.51. The van der Waals surface area contributed by atoms with Gasteiger partial charge in [-0.15, -0.1) is 0 Å². The Morgan fingerprint density at radius 1 is 1.03 bits per heavy atom. The summed E-state index contributed by atoms with van der Waals surface area (Å²) in [6.45, 7) is 2.27. The molecular formula is C27H24ClN3O3. The molecule has 0 aliphatic rings. The van der Waals surface area contributed by atoms with E-state index in [2.05, 4.69) is 22.4 Å². The molecule has 1 N–H and O–H groups in total. The number of pyridine rings is 2. The van der Waals surface area contributed by atoms with Crippen LogP contribution in [0.15, 0.2) is 77.7 Å². The van der Waals surface area contributed by atoms with Crippen LogP contribution in [0.5, 0.6) is 0 Å². The minimum atomic E-state index is -0.452. The number of rotatable bonds is 8. The van der Waals surface area contributed by atoms with Crippen LogP contribution in [0.25, 0.3) is 11.0 Å². The first kappa shape index (κ1) is 23.4. The Morgan fingerprint density at radius 3 is 2.59 bits per heavy atom. The van der Waals surface area contributed by atoms with E-state index in [1.54, 1.807) is 34.9 Å². The molecule has 2 aromatic heterocycles. The summed E-state index contributed by atoms with van der Waals surface area (Å²) in [5.41, 5.74) is 2.14. The summed E-state index contributed by atoms with van der Waals surface area (Å²) in [6.07, 6.45) is 3.08. The average molecular weight is 474 g/mol. The Bertz CT molecular complexity index is 1410. The van der Waals surface area contributed by atoms with E-state index in [0.717, 1.165) is 12.8 Å². The third kappa shape index (κ3) is 5.41. The van der Waals surface area contributed by atoms with Crippen LogP contribution >= 0.6 is 11.6 Å². The molecule has 34 heavy (non-hydrogen) atoms. The van der Waals surface area contributed by atoms with E-state index in [1.807, 2.05) is 25.1 Å². The number of ketones is 1. The normalized spacial score (nSPS) is 10.9. The van der Waals surface area contributed by atoms with Gasteiger partial charge in [-0.1, -0.05) is 54.1 Å². The summed E-state index contributed by atoms with van der Waals surface area (Å²) in [7, 11) is 0. The first-order valence-corrected chi connectivity index (χ1v) is 11.4. The second-order valence-electron chi connectivity index (χ2n) is 8.10. The number of halogens is 1. The lowest BCUT2D eigenvalue weighted by molar-refractivity contribution is -0.121. The monoisotopic (exact) mass is 473 g/mol. The van der Waals surface area contributed by atoms with Crippen LogP contribution < -0.4 is 10.7 Å². The molecule has 1 amide bonds. The van der Waals surface area contributed by atoms with Crippen molar-refractivity contribution in [3.05, 3.63) is 111 Å². The summed E-state index contributed by atoms with van der Waals surface area (Å²) in [5, 5.41) is 3.60. The molecule has 7 heteroatoms. The highest BCUT2D eigenvalue weighted by Gasteiger charge is 2.19. The van der Waals surface area contributed by atoms with Gasteiger partial charge in [0.15, 0.2) is 5.78 Å². The summed E-state index contributed by atoms with van der Waals surface area (Å²) < 4.78 is 1.56. The predicted molar refractivity (Wildman–Crippen MR) is 133 cm³/mol. The van der Waals surface area contributed by atoms with E-state index < -0.39 is 11.2 Å². The smallest absolute Gasteiger partial charge is 0.239 e. The summed E-state index contributed by atoms with van der Waals surface area (Å²) in [6, 6.07) is 19.9. The van der Waals surface area contributed by atoms with E-state index >= 15 is 0 Å². The van der Waals surface area contributed by atoms with E-state index in [4.69, 9.17) is 11.6 Å². The van der Waals surface area contributed by atoms with Crippen molar-refractivity contribution < 1.29 is 9.59 Å². The Kier molecular flexibility index (Phi) is 7.18. The number of aryl methyl sites for hydroxylation is 2. The van der Waals surface area contributed by atoms with Gasteiger partial charge < -0.3 is 9.88 Å². The fourth-order valence-corrected chi connectivity index (χ4v) is 3.99. The average Bonchev–Trinajstić information content (AvgIpc) is 2.84. The van der Waals surface area contributed by atoms with Crippen LogP contribution in [0.4, 0.5) is 0 Å². The number of hydrogen-bond acceptors (Lipinski definition) is 4. The van der Waals surface area contributed by atoms with Crippen molar-refractivity contribution in [2.45, 2.75) is 26.3 Å². The highest BCUT2D eigenvalue weighted by atomic mass is 35.5. The van der Waals surface area contributed by atoms with Gasteiger partial charge in [-0.3, -0.25) is 14.4 Å². The lowest BCUT2D eigenvalue weighted by atomic mass is 10.0. The van der Waals surface area contributed by atoms with Crippen LogP contribution in [0.1, 0.15) is 33.6 Å². The number of nitrogens with one attached hydrogen (secondary N) is 1. The Labute approximate surface area is 202 Å². The molecule has 4 rings (SSSR count). The predicted octanol–water partition coefficient (Wildman–Crippen LogP) is 4.34. The van der Waals surface area contributed by atoms with E-state index in [-0.39, 0.29) is 23.4 Å². The van der Waals surface area contributed by atoms with Crippen LogP contribution in [0.2, 0.25) is 5.02 Å². The van der Waals surface area contributed by atoms with Gasteiger partial charge in [-0.2, -0.15) is 0 Å². The molecule has 0 fully saturated rings. The Hall–Kier alpha value is -3.77. The van der Waals surface area contributed by atoms with Gasteiger partial charge in [-0.25, -0.2) is 4.98 Å². The van der Waals surface area contributed by atoms with Gasteiger partial charge in [0.05, 0.1) is 10.9 Å². The number of carbonyl (C=O) groups is 2. The van der Waals surface area contributed by atoms with Gasteiger partial charge in [0.2, 0.25) is 11.3 Å². The van der Waals surface area contributed by atoms with Crippen LogP contribution in [0, 0.1) is 6.92 Å². The molecule has 0 radical (unpaired) electrons. The van der Waals surface area contributed by atoms with E-state index in [9.17, 15) is 14.4 Å². The molecule has 172 valence electrons. The van der Waals surface area contributed by atoms with Crippen LogP contribution in [0.3, 0.4) is 0 Å². The molecule has 0 aliphatic carbocycles. The van der Waals surface area contributed by atoms with Crippen molar-refractivity contribution >= 4 is 34.3 Å². The second kappa shape index (κ2) is 10.4. The minimum Gasteiger partial charge on any atom is -0.355 e. The maximum Gasteiger partial charge on any atom is 0.239 e. The quantitative estimate of drug-likeness (QED) is 0.305. The van der Waals surface area contributed by atoms with Crippen molar-refractivity contribution in [3.8, 4) is 0 Å². The van der Waals surface area contributed by atoms with Crippen molar-refractivity contribution in [1.82, 2.24) is 14.9 Å². The van der Waals surface area contributed by atoms with Crippen LogP contribution in [-0.4, -0.2) is 27.8 Å². The second-order valence-corrected chi connectivity index (χ2v) is 8.54. The zero-order chi connectivity index (χ0) is 24.1. The molecule has 6 nitrogen and oxygen atoms in total. The number of nitrogens with zero attached hydrogens (tertiary/aromatic N) is 2. The number of hydrogen-bond donors (Lipinski definition) is 1. The fourth-order valence-electron chi connectivity index (χ4n) is 3.80. The zero-order valence-electron chi connectivity index (χ0n) is 18.8. The molecular weight excluding hydrogens is 450 g/mol. The minimum absolute atomic E-state index is 0.0303. The summed E-state index contributed by atoms with van der Waals surface area (Å²) >= 11 is 6.03. The fraction of sp³-hybridized carbons (Fsp3) is 0.185. The zero-order valence-corrected chi connectivity index (χ0v) is 19.5. The third-order valence-corrected chi connectivity index (χ3v) is 5.75. The molecule has 0 unspecified atom stereocenters. The lowest BCUT2D eigenvalue weighted by Crippen LogP contribution is -2.30. The van der Waals surface area contributed by atoms with Gasteiger partial charge in [0.1, 0.15) is 12.2 Å². The highest BCUT2D eigenvalue weighted by Crippen LogP contribution is 2.16. The molecule has 0 atom stereocenters. The molecule has 2 heterocycles. The Balaban J connectivity index is 1.57. The molecule has 0 saturated carbocycles. The molecule has 2 aromatic carbocycles. The SMILES string of the molecule is Cc1ccc2c(=O)c(C(=O)c3cccc(Cl)c3)cn(CC(=O)NCCCc3ccccc3)c2n1. The molecule has 4 aromatic rings. The molecule has 0 saturated heterocycles. The maximum atomic E-state index is 13.1. The maximum absolute atomic E-state index is 13.1.